The number of amides is 1. The van der Waals surface area contributed by atoms with E-state index in [1.165, 1.54) is 37.2 Å². The van der Waals surface area contributed by atoms with Gasteiger partial charge in [-0.2, -0.15) is 0 Å². The number of methoxy groups -OCH3 is 1. The van der Waals surface area contributed by atoms with Crippen LogP contribution in [-0.2, 0) is 24.2 Å². The molecule has 178 valence electrons. The third kappa shape index (κ3) is 7.24. The predicted molar refractivity (Wildman–Crippen MR) is 127 cm³/mol. The van der Waals surface area contributed by atoms with Crippen LogP contribution < -0.4 is 5.32 Å². The maximum absolute atomic E-state index is 13.0. The fourth-order valence-corrected chi connectivity index (χ4v) is 4.94. The van der Waals surface area contributed by atoms with Gasteiger partial charge in [0.1, 0.15) is 11.1 Å². The number of nitrogens with zero attached hydrogens (tertiary/aromatic N) is 3. The van der Waals surface area contributed by atoms with Crippen LogP contribution in [0.2, 0.25) is 0 Å². The molecule has 1 aliphatic rings. The number of ether oxygens (including phenoxy) is 1. The van der Waals surface area contributed by atoms with Gasteiger partial charge < -0.3 is 14.9 Å². The fraction of sp³-hybridized carbons (Fsp3) is 0.455. The third-order valence-corrected chi connectivity index (χ3v) is 7.58. The lowest BCUT2D eigenvalue weighted by Crippen LogP contribution is -2.25. The molecule has 1 fully saturated rings. The average molecular weight is 493 g/mol. The van der Waals surface area contributed by atoms with Crippen molar-refractivity contribution in [2.75, 3.05) is 31.0 Å². The minimum atomic E-state index is -3.45. The van der Waals surface area contributed by atoms with E-state index < -0.39 is 15.7 Å². The molecule has 0 atom stereocenters. The second-order valence-electron chi connectivity index (χ2n) is 7.54. The first kappa shape index (κ1) is 25.1. The second kappa shape index (κ2) is 12.1. The van der Waals surface area contributed by atoms with Gasteiger partial charge in [0.05, 0.1) is 23.0 Å². The molecule has 0 spiro atoms. The molecule has 0 bridgehead atoms. The van der Waals surface area contributed by atoms with E-state index >= 15 is 0 Å². The first-order valence-electron chi connectivity index (χ1n) is 10.7. The van der Waals surface area contributed by atoms with Crippen LogP contribution in [0, 0.1) is 0 Å². The summed E-state index contributed by atoms with van der Waals surface area (Å²) in [6.07, 6.45) is 9.19. The number of aromatic nitrogens is 2. The Morgan fingerprint density at radius 1 is 1.18 bits per heavy atom. The molecule has 11 heteroatoms. The Hall–Kier alpha value is -2.50. The summed E-state index contributed by atoms with van der Waals surface area (Å²) >= 11 is 1.44. The number of anilines is 1. The van der Waals surface area contributed by atoms with Crippen LogP contribution in [0.4, 0.5) is 5.82 Å². The van der Waals surface area contributed by atoms with Gasteiger partial charge in [-0.15, -0.1) is 11.8 Å². The number of oxime groups is 1. The molecule has 1 saturated carbocycles. The number of carbonyl (C=O) groups excluding carboxylic acids is 1. The van der Waals surface area contributed by atoms with Crippen molar-refractivity contribution < 1.29 is 22.8 Å². The van der Waals surface area contributed by atoms with E-state index in [1.54, 1.807) is 18.3 Å². The summed E-state index contributed by atoms with van der Waals surface area (Å²) in [5, 5.41) is 7.56. The summed E-state index contributed by atoms with van der Waals surface area (Å²) in [4.78, 5) is 27.2. The topological polar surface area (TPSA) is 120 Å². The lowest BCUT2D eigenvalue weighted by atomic mass is 10.1. The van der Waals surface area contributed by atoms with Crippen LogP contribution in [0.25, 0.3) is 0 Å². The van der Waals surface area contributed by atoms with E-state index in [0.29, 0.717) is 18.6 Å². The number of rotatable bonds is 11. The van der Waals surface area contributed by atoms with Gasteiger partial charge in [0.25, 0.3) is 5.91 Å². The Balaban J connectivity index is 1.80. The Bertz CT molecular complexity index is 1050. The largest absolute Gasteiger partial charge is 0.392 e. The molecule has 33 heavy (non-hydrogen) atoms. The van der Waals surface area contributed by atoms with Gasteiger partial charge in [0.2, 0.25) is 0 Å². The number of hydrogen-bond donors (Lipinski definition) is 1. The minimum absolute atomic E-state index is 0.0167. The highest BCUT2D eigenvalue weighted by Crippen LogP contribution is 2.22. The summed E-state index contributed by atoms with van der Waals surface area (Å²) in [5.41, 5.74) is 0.482. The SMILES string of the molecule is COCCCS(=O)(=O)c1ccc(/C(=N\OC2CCCC2)C(=O)Nc2cnc(SC)cn2)cc1. The first-order valence-corrected chi connectivity index (χ1v) is 13.5. The van der Waals surface area contributed by atoms with Crippen LogP contribution in [0.5, 0.6) is 0 Å². The summed E-state index contributed by atoms with van der Waals surface area (Å²) in [7, 11) is -1.92. The van der Waals surface area contributed by atoms with Crippen molar-refractivity contribution in [3.63, 3.8) is 0 Å². The molecule has 1 aromatic heterocycles. The molecule has 0 aliphatic heterocycles. The Kier molecular flexibility index (Phi) is 9.21. The van der Waals surface area contributed by atoms with Gasteiger partial charge in [-0.05, 0) is 50.5 Å². The molecule has 1 aromatic carbocycles. The Morgan fingerprint density at radius 3 is 2.52 bits per heavy atom. The third-order valence-electron chi connectivity index (χ3n) is 5.14. The van der Waals surface area contributed by atoms with Gasteiger partial charge >= 0.3 is 0 Å². The van der Waals surface area contributed by atoms with Gasteiger partial charge in [-0.25, -0.2) is 18.4 Å². The predicted octanol–water partition coefficient (Wildman–Crippen LogP) is 3.31. The molecule has 3 rings (SSSR count). The van der Waals surface area contributed by atoms with Gasteiger partial charge in [-0.3, -0.25) is 4.79 Å². The van der Waals surface area contributed by atoms with Crippen LogP contribution in [-0.4, -0.2) is 61.8 Å². The van der Waals surface area contributed by atoms with Crippen LogP contribution >= 0.6 is 11.8 Å². The van der Waals surface area contributed by atoms with E-state index in [2.05, 4.69) is 20.4 Å². The maximum Gasteiger partial charge on any atom is 0.279 e. The van der Waals surface area contributed by atoms with Gasteiger partial charge in [0.15, 0.2) is 21.4 Å². The van der Waals surface area contributed by atoms with Crippen molar-refractivity contribution in [3.8, 4) is 0 Å². The first-order chi connectivity index (χ1) is 15.9. The normalized spacial score (nSPS) is 14.9. The highest BCUT2D eigenvalue weighted by molar-refractivity contribution is 7.98. The lowest BCUT2D eigenvalue weighted by Gasteiger charge is -2.11. The van der Waals surface area contributed by atoms with Crippen molar-refractivity contribution in [2.45, 2.75) is 48.1 Å². The van der Waals surface area contributed by atoms with Crippen molar-refractivity contribution >= 4 is 39.0 Å². The smallest absolute Gasteiger partial charge is 0.279 e. The molecule has 1 amide bonds. The molecule has 0 radical (unpaired) electrons. The number of nitrogens with one attached hydrogen (secondary N) is 1. The second-order valence-corrected chi connectivity index (χ2v) is 10.5. The van der Waals surface area contributed by atoms with Crippen molar-refractivity contribution in [1.29, 1.82) is 0 Å². The average Bonchev–Trinajstić information content (AvgIpc) is 3.34. The number of hydrogen-bond acceptors (Lipinski definition) is 9. The number of benzene rings is 1. The fourth-order valence-electron chi connectivity index (χ4n) is 3.34. The Labute approximate surface area is 198 Å². The molecular weight excluding hydrogens is 464 g/mol. The van der Waals surface area contributed by atoms with E-state index in [-0.39, 0.29) is 28.3 Å². The molecular formula is C22H28N4O5S2. The molecule has 9 nitrogen and oxygen atoms in total. The number of sulfone groups is 1. The van der Waals surface area contributed by atoms with Gasteiger partial charge in [-0.1, -0.05) is 17.3 Å². The number of thioether (sulfide) groups is 1. The zero-order valence-electron chi connectivity index (χ0n) is 18.7. The van der Waals surface area contributed by atoms with E-state index in [9.17, 15) is 13.2 Å². The Morgan fingerprint density at radius 2 is 1.91 bits per heavy atom. The molecule has 0 unspecified atom stereocenters. The summed E-state index contributed by atoms with van der Waals surface area (Å²) in [6.45, 7) is 0.369. The molecule has 0 saturated heterocycles. The van der Waals surface area contributed by atoms with Crippen molar-refractivity contribution in [3.05, 3.63) is 42.2 Å². The lowest BCUT2D eigenvalue weighted by molar-refractivity contribution is -0.110. The zero-order valence-corrected chi connectivity index (χ0v) is 20.3. The summed E-state index contributed by atoms with van der Waals surface area (Å²) < 4.78 is 29.9. The van der Waals surface area contributed by atoms with E-state index in [0.717, 1.165) is 30.7 Å². The van der Waals surface area contributed by atoms with Crippen molar-refractivity contribution in [1.82, 2.24) is 9.97 Å². The molecule has 2 aromatic rings. The van der Waals surface area contributed by atoms with E-state index in [4.69, 9.17) is 9.57 Å². The highest BCUT2D eigenvalue weighted by atomic mass is 32.2. The van der Waals surface area contributed by atoms with Gasteiger partial charge in [0, 0.05) is 19.3 Å². The monoisotopic (exact) mass is 492 g/mol. The number of carbonyl (C=O) groups is 1. The molecule has 1 heterocycles. The summed E-state index contributed by atoms with van der Waals surface area (Å²) in [6, 6.07) is 6.07. The van der Waals surface area contributed by atoms with Crippen LogP contribution in [0.15, 0.2) is 51.7 Å². The molecule has 1 N–H and O–H groups in total. The van der Waals surface area contributed by atoms with Crippen LogP contribution in [0.3, 0.4) is 0 Å². The quantitative estimate of drug-likeness (QED) is 0.220. The minimum Gasteiger partial charge on any atom is -0.392 e. The maximum atomic E-state index is 13.0. The highest BCUT2D eigenvalue weighted by Gasteiger charge is 2.21. The van der Waals surface area contributed by atoms with Crippen LogP contribution in [0.1, 0.15) is 37.7 Å². The van der Waals surface area contributed by atoms with E-state index in [1.807, 2.05) is 6.26 Å². The summed E-state index contributed by atoms with van der Waals surface area (Å²) in [5.74, 6) is -0.254. The zero-order chi connectivity index (χ0) is 23.7. The molecule has 1 aliphatic carbocycles. The van der Waals surface area contributed by atoms with Crippen molar-refractivity contribution in [2.24, 2.45) is 5.16 Å². The standard InChI is InChI=1S/C22H28N4O5S2/c1-30-12-5-13-33(28,29)18-10-8-16(9-11-18)21(26-31-17-6-3-4-7-17)22(27)25-19-14-24-20(32-2)15-23-19/h8-11,14-15,17H,3-7,12-13H2,1-2H3,(H,23,25,27)/b26-21+.